The molecule has 82 valence electrons. The van der Waals surface area contributed by atoms with Gasteiger partial charge in [0.15, 0.2) is 5.65 Å². The van der Waals surface area contributed by atoms with Gasteiger partial charge in [-0.1, -0.05) is 5.92 Å². The van der Waals surface area contributed by atoms with Gasteiger partial charge in [-0.05, 0) is 5.92 Å². The molecule has 0 amide bonds. The topological polar surface area (TPSA) is 105 Å². The lowest BCUT2D eigenvalue weighted by Gasteiger charge is -1.94. The zero-order valence-electron chi connectivity index (χ0n) is 8.64. The average Bonchev–Trinajstić information content (AvgIpc) is 2.57. The predicted molar refractivity (Wildman–Crippen MR) is 58.6 cm³/mol. The van der Waals surface area contributed by atoms with Gasteiger partial charge in [-0.25, -0.2) is 9.97 Å². The summed E-state index contributed by atoms with van der Waals surface area (Å²) in [6.07, 6.45) is 1.33. The summed E-state index contributed by atoms with van der Waals surface area (Å²) in [6.45, 7) is 0.306. The Hall–Kier alpha value is -2.33. The molecule has 0 saturated heterocycles. The molecule has 0 aliphatic rings. The lowest BCUT2D eigenvalue weighted by molar-refractivity contribution is 0.240. The average molecular weight is 218 g/mol. The summed E-state index contributed by atoms with van der Waals surface area (Å²) in [7, 11) is 1.56. The number of nitrogen functional groups attached to an aromatic ring is 2. The van der Waals surface area contributed by atoms with E-state index < -0.39 is 0 Å². The van der Waals surface area contributed by atoms with E-state index in [2.05, 4.69) is 26.9 Å². The molecule has 0 bridgehead atoms. The van der Waals surface area contributed by atoms with Gasteiger partial charge in [-0.2, -0.15) is 4.79 Å². The minimum Gasteiger partial charge on any atom is -0.383 e. The highest BCUT2D eigenvalue weighted by molar-refractivity contribution is 5.90. The summed E-state index contributed by atoms with van der Waals surface area (Å²) in [5.74, 6) is 11.5. The first-order valence-corrected chi connectivity index (χ1v) is 4.46. The predicted octanol–water partition coefficient (Wildman–Crippen LogP) is -0.880. The van der Waals surface area contributed by atoms with Crippen LogP contribution in [-0.2, 0) is 4.74 Å². The quantitative estimate of drug-likeness (QED) is 0.475. The van der Waals surface area contributed by atoms with Gasteiger partial charge >= 0.3 is 0 Å². The number of hydrogen-bond acceptors (Lipinski definition) is 6. The maximum atomic E-state index is 5.72. The molecule has 2 aromatic rings. The van der Waals surface area contributed by atoms with Crippen molar-refractivity contribution in [3.8, 4) is 11.8 Å². The van der Waals surface area contributed by atoms with Crippen molar-refractivity contribution in [2.75, 3.05) is 25.3 Å². The minimum atomic E-state index is 0.306. The van der Waals surface area contributed by atoms with E-state index in [0.717, 1.165) is 4.79 Å². The van der Waals surface area contributed by atoms with Crippen LogP contribution in [0.15, 0.2) is 6.33 Å². The second kappa shape index (κ2) is 4.04. The molecule has 0 aliphatic heterocycles. The highest BCUT2D eigenvalue weighted by Gasteiger charge is 2.12. The summed E-state index contributed by atoms with van der Waals surface area (Å²) in [5, 5.41) is 4.54. The van der Waals surface area contributed by atoms with Crippen molar-refractivity contribution in [2.24, 2.45) is 0 Å². The lowest BCUT2D eigenvalue weighted by Crippen LogP contribution is -2.12. The third-order valence-electron chi connectivity index (χ3n) is 1.95. The second-order valence-corrected chi connectivity index (χ2v) is 2.99. The van der Waals surface area contributed by atoms with E-state index in [1.54, 1.807) is 7.11 Å². The molecule has 4 N–H and O–H groups in total. The Morgan fingerprint density at radius 3 is 3.06 bits per heavy atom. The first-order chi connectivity index (χ1) is 7.74. The standard InChI is InChI=1S/C9H10N6O/c1-16-4-2-3-6-7-8(10)12-5-13-9(7)14-15(6)11/h5H,4,11H2,1H3,(H2,10,12,13,14). The monoisotopic (exact) mass is 218 g/mol. The van der Waals surface area contributed by atoms with E-state index in [1.165, 1.54) is 6.33 Å². The van der Waals surface area contributed by atoms with Gasteiger partial charge in [-0.3, -0.25) is 0 Å². The zero-order chi connectivity index (χ0) is 11.5. The Labute approximate surface area is 91.4 Å². The molecule has 0 spiro atoms. The Balaban J connectivity index is 2.60. The van der Waals surface area contributed by atoms with Crippen LogP contribution in [0.5, 0.6) is 0 Å². The number of hydrogen-bond donors (Lipinski definition) is 2. The number of fused-ring (bicyclic) bond motifs is 1. The number of methoxy groups -OCH3 is 1. The van der Waals surface area contributed by atoms with Crippen LogP contribution >= 0.6 is 0 Å². The number of aromatic nitrogens is 4. The molecule has 0 fully saturated rings. The van der Waals surface area contributed by atoms with E-state index in [4.69, 9.17) is 16.3 Å². The molecule has 2 heterocycles. The van der Waals surface area contributed by atoms with E-state index in [9.17, 15) is 0 Å². The molecule has 16 heavy (non-hydrogen) atoms. The van der Waals surface area contributed by atoms with Crippen molar-refractivity contribution in [2.45, 2.75) is 0 Å². The largest absolute Gasteiger partial charge is 0.383 e. The fraction of sp³-hybridized carbons (Fsp3) is 0.222. The van der Waals surface area contributed by atoms with Gasteiger partial charge in [0.2, 0.25) is 0 Å². The number of anilines is 1. The highest BCUT2D eigenvalue weighted by Crippen LogP contribution is 2.18. The molecule has 2 aromatic heterocycles. The number of nitrogens with two attached hydrogens (primary N) is 2. The summed E-state index contributed by atoms with van der Waals surface area (Å²) in [5.41, 5.74) is 6.62. The van der Waals surface area contributed by atoms with Crippen LogP contribution < -0.4 is 11.6 Å². The minimum absolute atomic E-state index is 0.306. The number of ether oxygens (including phenoxy) is 1. The maximum absolute atomic E-state index is 5.72. The lowest BCUT2D eigenvalue weighted by atomic mass is 10.3. The van der Waals surface area contributed by atoms with Crippen LogP contribution in [0, 0.1) is 11.8 Å². The maximum Gasteiger partial charge on any atom is 0.189 e. The Morgan fingerprint density at radius 2 is 2.31 bits per heavy atom. The third kappa shape index (κ3) is 1.62. The molecule has 0 unspecified atom stereocenters. The van der Waals surface area contributed by atoms with Gasteiger partial charge in [0.05, 0.1) is 5.39 Å². The molecular formula is C9H10N6O. The normalized spacial score (nSPS) is 10.1. The van der Waals surface area contributed by atoms with Gasteiger partial charge < -0.3 is 16.3 Å². The van der Waals surface area contributed by atoms with E-state index in [1.807, 2.05) is 0 Å². The van der Waals surface area contributed by atoms with Crippen molar-refractivity contribution >= 4 is 16.9 Å². The Morgan fingerprint density at radius 1 is 1.50 bits per heavy atom. The molecule has 0 saturated carbocycles. The smallest absolute Gasteiger partial charge is 0.189 e. The Kier molecular flexibility index (Phi) is 2.57. The van der Waals surface area contributed by atoms with Crippen LogP contribution in [0.1, 0.15) is 5.69 Å². The fourth-order valence-corrected chi connectivity index (χ4v) is 1.27. The molecule has 0 aromatic carbocycles. The van der Waals surface area contributed by atoms with Crippen molar-refractivity contribution < 1.29 is 4.74 Å². The molecule has 0 atom stereocenters. The molecule has 0 aliphatic carbocycles. The first-order valence-electron chi connectivity index (χ1n) is 4.46. The van der Waals surface area contributed by atoms with Crippen LogP contribution in [0.25, 0.3) is 11.0 Å². The summed E-state index contributed by atoms with van der Waals surface area (Å²) in [6, 6.07) is 0. The Bertz CT molecular complexity index is 579. The van der Waals surface area contributed by atoms with Gasteiger partial charge in [0.1, 0.15) is 24.4 Å². The van der Waals surface area contributed by atoms with E-state index >= 15 is 0 Å². The summed E-state index contributed by atoms with van der Waals surface area (Å²) in [4.78, 5) is 8.96. The number of nitrogens with zero attached hydrogens (tertiary/aromatic N) is 4. The third-order valence-corrected chi connectivity index (χ3v) is 1.95. The molecule has 2 rings (SSSR count). The molecule has 7 nitrogen and oxygen atoms in total. The van der Waals surface area contributed by atoms with Gasteiger partial charge in [0, 0.05) is 7.11 Å². The van der Waals surface area contributed by atoms with E-state index in [-0.39, 0.29) is 0 Å². The van der Waals surface area contributed by atoms with Crippen molar-refractivity contribution in [3.05, 3.63) is 12.0 Å². The van der Waals surface area contributed by atoms with Crippen LogP contribution in [0.4, 0.5) is 5.82 Å². The summed E-state index contributed by atoms with van der Waals surface area (Å²) < 4.78 is 4.82. The van der Waals surface area contributed by atoms with Crippen LogP contribution in [0.3, 0.4) is 0 Å². The molecule has 0 radical (unpaired) electrons. The fourth-order valence-electron chi connectivity index (χ4n) is 1.27. The van der Waals surface area contributed by atoms with Crippen molar-refractivity contribution in [3.63, 3.8) is 0 Å². The van der Waals surface area contributed by atoms with E-state index in [0.29, 0.717) is 29.2 Å². The molecule has 7 heteroatoms. The van der Waals surface area contributed by atoms with Crippen LogP contribution in [0.2, 0.25) is 0 Å². The molecular weight excluding hydrogens is 208 g/mol. The number of rotatable bonds is 1. The summed E-state index contributed by atoms with van der Waals surface area (Å²) >= 11 is 0. The SMILES string of the molecule is COCC#Cc1c2c(N)ncnc2nn1N. The van der Waals surface area contributed by atoms with Crippen molar-refractivity contribution in [1.82, 2.24) is 19.9 Å². The highest BCUT2D eigenvalue weighted by atomic mass is 16.5. The zero-order valence-corrected chi connectivity index (χ0v) is 8.64. The first kappa shape index (κ1) is 10.2. The second-order valence-electron chi connectivity index (χ2n) is 2.99. The van der Waals surface area contributed by atoms with Crippen LogP contribution in [-0.4, -0.2) is 33.6 Å². The van der Waals surface area contributed by atoms with Crippen molar-refractivity contribution in [1.29, 1.82) is 0 Å². The van der Waals surface area contributed by atoms with Gasteiger partial charge in [0.25, 0.3) is 0 Å². The van der Waals surface area contributed by atoms with Gasteiger partial charge in [-0.15, -0.1) is 5.10 Å².